The van der Waals surface area contributed by atoms with E-state index in [4.69, 9.17) is 9.72 Å². The standard InChI is InChI=1S/C22H28N4O2/c1-2-28-20-9-5-4-8-19(20)24-21(27)16-10-11-18-17(14-16)15-23-22(25-18)26-12-6-3-7-13-26/h4-5,8-9,15-16H,2-3,6-7,10-14H2,1H3,(H,24,27)/t16-/m0/s1. The molecule has 1 saturated heterocycles. The van der Waals surface area contributed by atoms with Crippen molar-refractivity contribution in [3.05, 3.63) is 41.7 Å². The van der Waals surface area contributed by atoms with Gasteiger partial charge in [0.1, 0.15) is 5.75 Å². The molecule has 1 aromatic carbocycles. The molecule has 0 radical (unpaired) electrons. The zero-order valence-electron chi connectivity index (χ0n) is 16.5. The van der Waals surface area contributed by atoms with Crippen LogP contribution in [0.3, 0.4) is 0 Å². The summed E-state index contributed by atoms with van der Waals surface area (Å²) in [4.78, 5) is 24.5. The van der Waals surface area contributed by atoms with Gasteiger partial charge in [-0.2, -0.15) is 0 Å². The SMILES string of the molecule is CCOc1ccccc1NC(=O)[C@H]1CCc2nc(N3CCCCC3)ncc2C1. The molecule has 0 saturated carbocycles. The van der Waals surface area contributed by atoms with Crippen molar-refractivity contribution >= 4 is 17.5 Å². The third-order valence-corrected chi connectivity index (χ3v) is 5.59. The number of nitrogens with zero attached hydrogens (tertiary/aromatic N) is 3. The first kappa shape index (κ1) is 18.7. The van der Waals surface area contributed by atoms with Gasteiger partial charge in [-0.1, -0.05) is 12.1 Å². The highest BCUT2D eigenvalue weighted by molar-refractivity contribution is 5.94. The van der Waals surface area contributed by atoms with Crippen molar-refractivity contribution in [3.63, 3.8) is 0 Å². The molecule has 1 aromatic heterocycles. The van der Waals surface area contributed by atoms with Gasteiger partial charge in [-0.05, 0) is 63.1 Å². The summed E-state index contributed by atoms with van der Waals surface area (Å²) in [7, 11) is 0. The second kappa shape index (κ2) is 8.59. The lowest BCUT2D eigenvalue weighted by Crippen LogP contribution is -2.32. The van der Waals surface area contributed by atoms with Gasteiger partial charge in [0.15, 0.2) is 0 Å². The van der Waals surface area contributed by atoms with E-state index >= 15 is 0 Å². The lowest BCUT2D eigenvalue weighted by atomic mass is 9.86. The molecular weight excluding hydrogens is 352 g/mol. The van der Waals surface area contributed by atoms with E-state index in [9.17, 15) is 4.79 Å². The first-order valence-corrected chi connectivity index (χ1v) is 10.4. The minimum atomic E-state index is -0.0633. The maximum Gasteiger partial charge on any atom is 0.227 e. The van der Waals surface area contributed by atoms with E-state index < -0.39 is 0 Å². The Hall–Kier alpha value is -2.63. The number of hydrogen-bond donors (Lipinski definition) is 1. The van der Waals surface area contributed by atoms with Crippen LogP contribution in [-0.4, -0.2) is 35.6 Å². The van der Waals surface area contributed by atoms with E-state index in [0.717, 1.165) is 48.8 Å². The lowest BCUT2D eigenvalue weighted by molar-refractivity contribution is -0.120. The van der Waals surface area contributed by atoms with E-state index in [1.807, 2.05) is 37.4 Å². The third kappa shape index (κ3) is 4.11. The summed E-state index contributed by atoms with van der Waals surface area (Å²) < 4.78 is 5.61. The van der Waals surface area contributed by atoms with Gasteiger partial charge in [0, 0.05) is 30.9 Å². The summed E-state index contributed by atoms with van der Waals surface area (Å²) >= 11 is 0. The van der Waals surface area contributed by atoms with Gasteiger partial charge in [0.25, 0.3) is 0 Å². The molecule has 28 heavy (non-hydrogen) atoms. The first-order valence-electron chi connectivity index (χ1n) is 10.4. The fourth-order valence-electron chi connectivity index (χ4n) is 4.05. The fourth-order valence-corrected chi connectivity index (χ4v) is 4.05. The number of hydrogen-bond acceptors (Lipinski definition) is 5. The number of aromatic nitrogens is 2. The van der Waals surface area contributed by atoms with E-state index in [0.29, 0.717) is 18.8 Å². The van der Waals surface area contributed by atoms with Crippen LogP contribution >= 0.6 is 0 Å². The Morgan fingerprint density at radius 1 is 1.25 bits per heavy atom. The molecule has 0 spiro atoms. The number of para-hydroxylation sites is 2. The molecule has 0 unspecified atom stereocenters. The Bertz CT molecular complexity index is 833. The highest BCUT2D eigenvalue weighted by Crippen LogP contribution is 2.29. The van der Waals surface area contributed by atoms with Gasteiger partial charge in [0.05, 0.1) is 12.3 Å². The van der Waals surface area contributed by atoms with Crippen molar-refractivity contribution in [3.8, 4) is 5.75 Å². The van der Waals surface area contributed by atoms with Crippen LogP contribution in [0.4, 0.5) is 11.6 Å². The molecule has 2 aromatic rings. The van der Waals surface area contributed by atoms with Crippen molar-refractivity contribution in [2.24, 2.45) is 5.92 Å². The Labute approximate surface area is 166 Å². The Morgan fingerprint density at radius 3 is 2.89 bits per heavy atom. The van der Waals surface area contributed by atoms with Gasteiger partial charge in [-0.15, -0.1) is 0 Å². The lowest BCUT2D eigenvalue weighted by Gasteiger charge is -2.28. The number of anilines is 2. The van der Waals surface area contributed by atoms with E-state index in [1.54, 1.807) is 0 Å². The zero-order chi connectivity index (χ0) is 19.3. The quantitative estimate of drug-likeness (QED) is 0.858. The number of rotatable bonds is 5. The molecule has 1 atom stereocenters. The first-order chi connectivity index (χ1) is 13.7. The zero-order valence-corrected chi connectivity index (χ0v) is 16.5. The molecule has 2 aliphatic rings. The molecule has 1 aliphatic carbocycles. The molecule has 1 aliphatic heterocycles. The van der Waals surface area contributed by atoms with Crippen molar-refractivity contribution < 1.29 is 9.53 Å². The summed E-state index contributed by atoms with van der Waals surface area (Å²) in [6.45, 7) is 4.60. The molecule has 6 nitrogen and oxygen atoms in total. The molecule has 1 fully saturated rings. The van der Waals surface area contributed by atoms with Gasteiger partial charge in [0.2, 0.25) is 11.9 Å². The number of aryl methyl sites for hydroxylation is 1. The number of carbonyl (C=O) groups is 1. The largest absolute Gasteiger partial charge is 0.492 e. The van der Waals surface area contributed by atoms with Crippen LogP contribution < -0.4 is 15.0 Å². The third-order valence-electron chi connectivity index (χ3n) is 5.59. The number of piperidine rings is 1. The average molecular weight is 380 g/mol. The second-order valence-electron chi connectivity index (χ2n) is 7.55. The Balaban J connectivity index is 1.43. The predicted octanol–water partition coefficient (Wildman–Crippen LogP) is 3.61. The molecular formula is C22H28N4O2. The van der Waals surface area contributed by atoms with Crippen molar-refractivity contribution in [1.82, 2.24) is 9.97 Å². The second-order valence-corrected chi connectivity index (χ2v) is 7.55. The van der Waals surface area contributed by atoms with Crippen LogP contribution in [0.15, 0.2) is 30.5 Å². The molecule has 1 amide bonds. The van der Waals surface area contributed by atoms with Crippen molar-refractivity contribution in [1.29, 1.82) is 0 Å². The fraction of sp³-hybridized carbons (Fsp3) is 0.500. The summed E-state index contributed by atoms with van der Waals surface area (Å²) in [5.74, 6) is 1.54. The maximum atomic E-state index is 12.8. The van der Waals surface area contributed by atoms with Gasteiger partial charge in [-0.3, -0.25) is 4.79 Å². The van der Waals surface area contributed by atoms with E-state index in [-0.39, 0.29) is 11.8 Å². The number of amides is 1. The predicted molar refractivity (Wildman–Crippen MR) is 110 cm³/mol. The molecule has 148 valence electrons. The maximum absolute atomic E-state index is 12.8. The normalized spacial score (nSPS) is 19.0. The van der Waals surface area contributed by atoms with Crippen LogP contribution in [-0.2, 0) is 17.6 Å². The van der Waals surface area contributed by atoms with Crippen molar-refractivity contribution in [2.75, 3.05) is 29.9 Å². The van der Waals surface area contributed by atoms with Crippen LogP contribution in [0.1, 0.15) is 43.9 Å². The van der Waals surface area contributed by atoms with E-state index in [2.05, 4.69) is 15.2 Å². The summed E-state index contributed by atoms with van der Waals surface area (Å²) in [6, 6.07) is 7.58. The summed E-state index contributed by atoms with van der Waals surface area (Å²) in [5, 5.41) is 3.05. The summed E-state index contributed by atoms with van der Waals surface area (Å²) in [6.07, 6.45) is 7.98. The minimum Gasteiger partial charge on any atom is -0.492 e. The van der Waals surface area contributed by atoms with Gasteiger partial charge >= 0.3 is 0 Å². The topological polar surface area (TPSA) is 67.3 Å². The van der Waals surface area contributed by atoms with Crippen LogP contribution in [0.5, 0.6) is 5.75 Å². The molecule has 1 N–H and O–H groups in total. The van der Waals surface area contributed by atoms with Crippen LogP contribution in [0.25, 0.3) is 0 Å². The number of ether oxygens (including phenoxy) is 1. The number of nitrogens with one attached hydrogen (secondary N) is 1. The highest BCUT2D eigenvalue weighted by atomic mass is 16.5. The number of fused-ring (bicyclic) bond motifs is 1. The van der Waals surface area contributed by atoms with Crippen LogP contribution in [0, 0.1) is 5.92 Å². The molecule has 6 heteroatoms. The summed E-state index contributed by atoms with van der Waals surface area (Å²) in [5.41, 5.74) is 2.94. The van der Waals surface area contributed by atoms with Crippen LogP contribution in [0.2, 0.25) is 0 Å². The number of benzene rings is 1. The minimum absolute atomic E-state index is 0.0397. The average Bonchev–Trinajstić information content (AvgIpc) is 2.75. The molecule has 2 heterocycles. The molecule has 0 bridgehead atoms. The Kier molecular flexibility index (Phi) is 5.74. The monoisotopic (exact) mass is 380 g/mol. The van der Waals surface area contributed by atoms with Gasteiger partial charge in [-0.25, -0.2) is 9.97 Å². The highest BCUT2D eigenvalue weighted by Gasteiger charge is 2.27. The number of carbonyl (C=O) groups excluding carboxylic acids is 1. The Morgan fingerprint density at radius 2 is 2.07 bits per heavy atom. The smallest absolute Gasteiger partial charge is 0.227 e. The molecule has 4 rings (SSSR count). The van der Waals surface area contributed by atoms with E-state index in [1.165, 1.54) is 19.3 Å². The van der Waals surface area contributed by atoms with Crippen molar-refractivity contribution in [2.45, 2.75) is 45.4 Å². The van der Waals surface area contributed by atoms with Gasteiger partial charge < -0.3 is 15.0 Å².